The van der Waals surface area contributed by atoms with E-state index in [4.69, 9.17) is 5.73 Å². The molecule has 2 N–H and O–H groups in total. The quantitative estimate of drug-likeness (QED) is 0.908. The van der Waals surface area contributed by atoms with Crippen LogP contribution in [0.25, 0.3) is 0 Å². The molecule has 0 aromatic heterocycles. The minimum Gasteiger partial charge on any atom is -0.329 e. The van der Waals surface area contributed by atoms with Gasteiger partial charge in [-0.1, -0.05) is 30.3 Å². The van der Waals surface area contributed by atoms with Gasteiger partial charge in [-0.15, -0.1) is 24.8 Å². The Morgan fingerprint density at radius 3 is 2.12 bits per heavy atom. The second kappa shape index (κ2) is 7.91. The first-order valence-electron chi connectivity index (χ1n) is 5.41. The Morgan fingerprint density at radius 1 is 1.06 bits per heavy atom. The third-order valence-corrected chi connectivity index (χ3v) is 2.99. The summed E-state index contributed by atoms with van der Waals surface area (Å²) in [4.78, 5) is 2.50. The number of likely N-dealkylation sites (tertiary alicyclic amines) is 1. The monoisotopic (exact) mass is 262 g/mol. The molecule has 0 spiro atoms. The molecule has 2 rings (SSSR count). The second-order valence-corrected chi connectivity index (χ2v) is 3.91. The number of hydrogen-bond donors (Lipinski definition) is 1. The van der Waals surface area contributed by atoms with Crippen molar-refractivity contribution in [2.24, 2.45) is 5.73 Å². The summed E-state index contributed by atoms with van der Waals surface area (Å²) in [6, 6.07) is 11.0. The zero-order valence-electron chi connectivity index (χ0n) is 9.34. The fourth-order valence-electron chi connectivity index (χ4n) is 2.22. The van der Waals surface area contributed by atoms with E-state index < -0.39 is 0 Å². The van der Waals surface area contributed by atoms with Crippen LogP contribution >= 0.6 is 24.8 Å². The van der Waals surface area contributed by atoms with Crippen LogP contribution in [0.4, 0.5) is 0 Å². The number of halogens is 2. The maximum Gasteiger partial charge on any atom is 0.0470 e. The molecule has 1 unspecified atom stereocenters. The van der Waals surface area contributed by atoms with Crippen LogP contribution < -0.4 is 5.73 Å². The van der Waals surface area contributed by atoms with Gasteiger partial charge in [0.1, 0.15) is 0 Å². The topological polar surface area (TPSA) is 29.3 Å². The van der Waals surface area contributed by atoms with Gasteiger partial charge in [0.05, 0.1) is 0 Å². The molecule has 1 aliphatic heterocycles. The molecule has 4 heteroatoms. The smallest absolute Gasteiger partial charge is 0.0470 e. The van der Waals surface area contributed by atoms with E-state index in [-0.39, 0.29) is 24.8 Å². The van der Waals surface area contributed by atoms with Gasteiger partial charge in [0.25, 0.3) is 0 Å². The molecule has 1 atom stereocenters. The Kier molecular flexibility index (Phi) is 7.77. The van der Waals surface area contributed by atoms with Crippen LogP contribution in [0, 0.1) is 0 Å². The Labute approximate surface area is 110 Å². The highest BCUT2D eigenvalue weighted by Gasteiger charge is 2.21. The number of rotatable bonds is 3. The van der Waals surface area contributed by atoms with Crippen LogP contribution in [0.5, 0.6) is 0 Å². The van der Waals surface area contributed by atoms with Crippen LogP contribution in [-0.2, 0) is 0 Å². The fourth-order valence-corrected chi connectivity index (χ4v) is 2.22. The third kappa shape index (κ3) is 3.63. The van der Waals surface area contributed by atoms with E-state index >= 15 is 0 Å². The van der Waals surface area contributed by atoms with Crippen molar-refractivity contribution < 1.29 is 0 Å². The Morgan fingerprint density at radius 2 is 1.62 bits per heavy atom. The summed E-state index contributed by atoms with van der Waals surface area (Å²) >= 11 is 0. The predicted molar refractivity (Wildman–Crippen MR) is 73.5 cm³/mol. The van der Waals surface area contributed by atoms with Gasteiger partial charge >= 0.3 is 0 Å². The summed E-state index contributed by atoms with van der Waals surface area (Å²) in [5.74, 6) is 0. The lowest BCUT2D eigenvalue weighted by Gasteiger charge is -2.26. The minimum atomic E-state index is 0. The lowest BCUT2D eigenvalue weighted by Crippen LogP contribution is -2.31. The molecule has 1 fully saturated rings. The molecule has 0 saturated carbocycles. The van der Waals surface area contributed by atoms with Crippen LogP contribution in [0.3, 0.4) is 0 Å². The molecule has 0 bridgehead atoms. The first kappa shape index (κ1) is 15.7. The van der Waals surface area contributed by atoms with Gasteiger partial charge in [-0.25, -0.2) is 0 Å². The molecule has 1 aromatic carbocycles. The largest absolute Gasteiger partial charge is 0.329 e. The molecule has 2 nitrogen and oxygen atoms in total. The van der Waals surface area contributed by atoms with Crippen molar-refractivity contribution in [3.63, 3.8) is 0 Å². The molecule has 16 heavy (non-hydrogen) atoms. The van der Waals surface area contributed by atoms with Crippen molar-refractivity contribution in [1.82, 2.24) is 4.90 Å². The normalized spacial score (nSPS) is 17.3. The Hall–Kier alpha value is -0.280. The maximum absolute atomic E-state index is 5.84. The van der Waals surface area contributed by atoms with Gasteiger partial charge in [0, 0.05) is 12.6 Å². The van der Waals surface area contributed by atoms with E-state index in [1.54, 1.807) is 0 Å². The first-order chi connectivity index (χ1) is 6.92. The highest BCUT2D eigenvalue weighted by atomic mass is 35.5. The fraction of sp³-hybridized carbons (Fsp3) is 0.500. The number of nitrogens with two attached hydrogens (primary N) is 1. The van der Waals surface area contributed by atoms with Gasteiger partial charge in [-0.3, -0.25) is 4.90 Å². The van der Waals surface area contributed by atoms with Gasteiger partial charge in [-0.2, -0.15) is 0 Å². The van der Waals surface area contributed by atoms with E-state index in [0.717, 1.165) is 6.54 Å². The van der Waals surface area contributed by atoms with E-state index in [1.807, 2.05) is 0 Å². The molecular formula is C12H20Cl2N2. The van der Waals surface area contributed by atoms with E-state index in [0.29, 0.717) is 6.04 Å². The molecule has 92 valence electrons. The van der Waals surface area contributed by atoms with Crippen molar-refractivity contribution in [2.75, 3.05) is 19.6 Å². The molecule has 1 saturated heterocycles. The SMILES string of the molecule is Cl.Cl.NCC(c1ccccc1)N1CCCC1. The second-order valence-electron chi connectivity index (χ2n) is 3.91. The molecule has 1 aliphatic rings. The average molecular weight is 263 g/mol. The van der Waals surface area contributed by atoms with E-state index in [9.17, 15) is 0 Å². The lowest BCUT2D eigenvalue weighted by atomic mass is 10.1. The number of nitrogens with zero attached hydrogens (tertiary/aromatic N) is 1. The van der Waals surface area contributed by atoms with Crippen molar-refractivity contribution in [3.8, 4) is 0 Å². The molecular weight excluding hydrogens is 243 g/mol. The number of hydrogen-bond acceptors (Lipinski definition) is 2. The summed E-state index contributed by atoms with van der Waals surface area (Å²) in [5.41, 5.74) is 7.20. The van der Waals surface area contributed by atoms with Crippen LogP contribution in [0.15, 0.2) is 30.3 Å². The molecule has 1 heterocycles. The summed E-state index contributed by atoms with van der Waals surface area (Å²) < 4.78 is 0. The maximum atomic E-state index is 5.84. The molecule has 0 amide bonds. The summed E-state index contributed by atoms with van der Waals surface area (Å²) in [7, 11) is 0. The van der Waals surface area contributed by atoms with Gasteiger partial charge in [0.15, 0.2) is 0 Å². The third-order valence-electron chi connectivity index (χ3n) is 2.99. The standard InChI is InChI=1S/C12H18N2.2ClH/c13-10-12(14-8-4-5-9-14)11-6-2-1-3-7-11;;/h1-3,6-7,12H,4-5,8-10,13H2;2*1H. The van der Waals surface area contributed by atoms with Crippen LogP contribution in [-0.4, -0.2) is 24.5 Å². The lowest BCUT2D eigenvalue weighted by molar-refractivity contribution is 0.251. The highest BCUT2D eigenvalue weighted by Crippen LogP contribution is 2.23. The number of benzene rings is 1. The Bertz CT molecular complexity index is 274. The summed E-state index contributed by atoms with van der Waals surface area (Å²) in [5, 5.41) is 0. The van der Waals surface area contributed by atoms with Gasteiger partial charge in [-0.05, 0) is 31.5 Å². The van der Waals surface area contributed by atoms with Crippen molar-refractivity contribution in [1.29, 1.82) is 0 Å². The van der Waals surface area contributed by atoms with Crippen molar-refractivity contribution >= 4 is 24.8 Å². The average Bonchev–Trinajstić information content (AvgIpc) is 2.74. The van der Waals surface area contributed by atoms with Crippen LogP contribution in [0.2, 0.25) is 0 Å². The first-order valence-corrected chi connectivity index (χ1v) is 5.41. The highest BCUT2D eigenvalue weighted by molar-refractivity contribution is 5.85. The zero-order valence-corrected chi connectivity index (χ0v) is 11.0. The van der Waals surface area contributed by atoms with Crippen LogP contribution in [0.1, 0.15) is 24.4 Å². The molecule has 0 radical (unpaired) electrons. The summed E-state index contributed by atoms with van der Waals surface area (Å²) in [6.07, 6.45) is 2.65. The zero-order chi connectivity index (χ0) is 9.80. The Balaban J connectivity index is 0.00000112. The van der Waals surface area contributed by atoms with Gasteiger partial charge < -0.3 is 5.73 Å². The van der Waals surface area contributed by atoms with Gasteiger partial charge in [0.2, 0.25) is 0 Å². The minimum absolute atomic E-state index is 0. The molecule has 0 aliphatic carbocycles. The van der Waals surface area contributed by atoms with E-state index in [1.165, 1.54) is 31.5 Å². The van der Waals surface area contributed by atoms with Crippen molar-refractivity contribution in [3.05, 3.63) is 35.9 Å². The van der Waals surface area contributed by atoms with Crippen molar-refractivity contribution in [2.45, 2.75) is 18.9 Å². The van der Waals surface area contributed by atoms with E-state index in [2.05, 4.69) is 35.2 Å². The summed E-state index contributed by atoms with van der Waals surface area (Å²) in [6.45, 7) is 3.14. The predicted octanol–water partition coefficient (Wildman–Crippen LogP) is 2.63. The molecule has 1 aromatic rings.